The molecule has 1 N–H and O–H groups in total. The summed E-state index contributed by atoms with van der Waals surface area (Å²) < 4.78 is 28.4. The van der Waals surface area contributed by atoms with Gasteiger partial charge in [0.05, 0.1) is 5.52 Å². The van der Waals surface area contributed by atoms with Gasteiger partial charge in [-0.3, -0.25) is 0 Å². The molecule has 0 saturated heterocycles. The van der Waals surface area contributed by atoms with Crippen LogP contribution >= 0.6 is 0 Å². The predicted molar refractivity (Wildman–Crippen MR) is 80.1 cm³/mol. The lowest BCUT2D eigenvalue weighted by Crippen LogP contribution is -2.19. The molecular weight excluding hydrogens is 286 g/mol. The second-order valence-corrected chi connectivity index (χ2v) is 5.30. The van der Waals surface area contributed by atoms with Crippen LogP contribution in [0.25, 0.3) is 11.0 Å². The van der Waals surface area contributed by atoms with Crippen LogP contribution in [0, 0.1) is 11.6 Å². The van der Waals surface area contributed by atoms with E-state index in [1.54, 1.807) is 4.68 Å². The maximum absolute atomic E-state index is 13.7. The van der Waals surface area contributed by atoms with Crippen molar-refractivity contribution in [2.24, 2.45) is 7.05 Å². The number of benzene rings is 2. The van der Waals surface area contributed by atoms with Gasteiger partial charge in [-0.25, -0.2) is 13.5 Å². The first kappa shape index (κ1) is 14.6. The Kier molecular flexibility index (Phi) is 3.85. The van der Waals surface area contributed by atoms with Gasteiger partial charge in [-0.05, 0) is 30.7 Å². The van der Waals surface area contributed by atoms with Crippen molar-refractivity contribution in [3.63, 3.8) is 0 Å². The number of nitrogens with one attached hydrogen (secondary N) is 1. The molecule has 3 rings (SSSR count). The van der Waals surface area contributed by atoms with Crippen LogP contribution < -0.4 is 5.32 Å². The van der Waals surface area contributed by atoms with E-state index in [4.69, 9.17) is 0 Å². The lowest BCUT2D eigenvalue weighted by molar-refractivity contribution is 0.518. The highest BCUT2D eigenvalue weighted by Gasteiger charge is 2.11. The quantitative estimate of drug-likeness (QED) is 0.805. The van der Waals surface area contributed by atoms with E-state index < -0.39 is 11.6 Å². The molecule has 0 fully saturated rings. The highest BCUT2D eigenvalue weighted by molar-refractivity contribution is 5.74. The van der Waals surface area contributed by atoms with E-state index in [1.807, 2.05) is 32.2 Å². The molecule has 1 unspecified atom stereocenters. The van der Waals surface area contributed by atoms with Crippen molar-refractivity contribution in [2.75, 3.05) is 0 Å². The highest BCUT2D eigenvalue weighted by atomic mass is 19.1. The molecule has 22 heavy (non-hydrogen) atoms. The van der Waals surface area contributed by atoms with Gasteiger partial charge in [0.15, 0.2) is 0 Å². The van der Waals surface area contributed by atoms with E-state index in [0.29, 0.717) is 12.1 Å². The molecule has 0 radical (unpaired) electrons. The van der Waals surface area contributed by atoms with E-state index in [2.05, 4.69) is 15.6 Å². The van der Waals surface area contributed by atoms with Crippen molar-refractivity contribution in [1.82, 2.24) is 20.3 Å². The Morgan fingerprint density at radius 1 is 1.18 bits per heavy atom. The minimum absolute atomic E-state index is 0.224. The van der Waals surface area contributed by atoms with Crippen LogP contribution in [0.5, 0.6) is 0 Å². The summed E-state index contributed by atoms with van der Waals surface area (Å²) in [5, 5.41) is 11.3. The summed E-state index contributed by atoms with van der Waals surface area (Å²) in [6.07, 6.45) is 0. The molecule has 2 aromatic carbocycles. The molecule has 4 nitrogen and oxygen atoms in total. The Balaban J connectivity index is 1.72. The molecule has 0 saturated carbocycles. The zero-order valence-electron chi connectivity index (χ0n) is 12.3. The van der Waals surface area contributed by atoms with Crippen molar-refractivity contribution >= 4 is 11.0 Å². The van der Waals surface area contributed by atoms with Gasteiger partial charge in [0.1, 0.15) is 17.2 Å². The average molecular weight is 302 g/mol. The molecule has 0 aliphatic heterocycles. The largest absolute Gasteiger partial charge is 0.306 e. The molecule has 0 aliphatic rings. The standard InChI is InChI=1S/C16H16F2N4/c1-10(13-5-4-12(17)8-14(13)18)19-9-11-3-6-16-15(7-11)20-21-22(16)2/h3-8,10,19H,9H2,1-2H3. The van der Waals surface area contributed by atoms with Gasteiger partial charge in [0.2, 0.25) is 0 Å². The van der Waals surface area contributed by atoms with E-state index in [0.717, 1.165) is 22.7 Å². The van der Waals surface area contributed by atoms with Crippen LogP contribution in [0.4, 0.5) is 8.78 Å². The molecule has 1 heterocycles. The van der Waals surface area contributed by atoms with E-state index in [1.165, 1.54) is 12.1 Å². The SMILES string of the molecule is CC(NCc1ccc2c(c1)nnn2C)c1ccc(F)cc1F. The number of aryl methyl sites for hydroxylation is 1. The summed E-state index contributed by atoms with van der Waals surface area (Å²) in [5.74, 6) is -1.11. The van der Waals surface area contributed by atoms with Crippen LogP contribution in [-0.2, 0) is 13.6 Å². The Morgan fingerprint density at radius 3 is 2.77 bits per heavy atom. The smallest absolute Gasteiger partial charge is 0.130 e. The maximum Gasteiger partial charge on any atom is 0.130 e. The molecule has 0 bridgehead atoms. The number of nitrogens with zero attached hydrogens (tertiary/aromatic N) is 3. The second-order valence-electron chi connectivity index (χ2n) is 5.30. The van der Waals surface area contributed by atoms with E-state index in [9.17, 15) is 8.78 Å². The van der Waals surface area contributed by atoms with Crippen LogP contribution in [0.2, 0.25) is 0 Å². The van der Waals surface area contributed by atoms with Crippen molar-refractivity contribution < 1.29 is 8.78 Å². The van der Waals surface area contributed by atoms with Gasteiger partial charge in [0.25, 0.3) is 0 Å². The van der Waals surface area contributed by atoms with Gasteiger partial charge in [0, 0.05) is 31.3 Å². The molecule has 0 amide bonds. The summed E-state index contributed by atoms with van der Waals surface area (Å²) >= 11 is 0. The molecule has 0 aliphatic carbocycles. The van der Waals surface area contributed by atoms with Crippen LogP contribution in [0.1, 0.15) is 24.1 Å². The van der Waals surface area contributed by atoms with Crippen LogP contribution in [0.3, 0.4) is 0 Å². The summed E-state index contributed by atoms with van der Waals surface area (Å²) in [4.78, 5) is 0. The number of fused-ring (bicyclic) bond motifs is 1. The minimum atomic E-state index is -0.568. The molecule has 1 atom stereocenters. The van der Waals surface area contributed by atoms with Crippen molar-refractivity contribution in [2.45, 2.75) is 19.5 Å². The Morgan fingerprint density at radius 2 is 2.00 bits per heavy atom. The number of hydrogen-bond donors (Lipinski definition) is 1. The Labute approximate surface area is 126 Å². The third-order valence-corrected chi connectivity index (χ3v) is 3.72. The minimum Gasteiger partial charge on any atom is -0.306 e. The normalized spacial score (nSPS) is 12.7. The Hall–Kier alpha value is -2.34. The average Bonchev–Trinajstić information content (AvgIpc) is 2.86. The van der Waals surface area contributed by atoms with Gasteiger partial charge in [-0.15, -0.1) is 5.10 Å². The molecule has 6 heteroatoms. The van der Waals surface area contributed by atoms with Crippen LogP contribution in [0.15, 0.2) is 36.4 Å². The first-order valence-corrected chi connectivity index (χ1v) is 7.01. The second kappa shape index (κ2) is 5.81. The summed E-state index contributed by atoms with van der Waals surface area (Å²) in [5.41, 5.74) is 3.26. The summed E-state index contributed by atoms with van der Waals surface area (Å²) in [6, 6.07) is 9.29. The maximum atomic E-state index is 13.7. The fourth-order valence-electron chi connectivity index (χ4n) is 2.43. The van der Waals surface area contributed by atoms with Crippen molar-refractivity contribution in [1.29, 1.82) is 0 Å². The topological polar surface area (TPSA) is 42.7 Å². The fourth-order valence-corrected chi connectivity index (χ4v) is 2.43. The van der Waals surface area contributed by atoms with Crippen LogP contribution in [-0.4, -0.2) is 15.0 Å². The lowest BCUT2D eigenvalue weighted by Gasteiger charge is -2.15. The van der Waals surface area contributed by atoms with E-state index >= 15 is 0 Å². The number of rotatable bonds is 4. The molecule has 0 spiro atoms. The van der Waals surface area contributed by atoms with Gasteiger partial charge < -0.3 is 5.32 Å². The predicted octanol–water partition coefficient (Wildman–Crippen LogP) is 3.10. The zero-order chi connectivity index (χ0) is 15.7. The van der Waals surface area contributed by atoms with Gasteiger partial charge in [-0.1, -0.05) is 17.3 Å². The monoisotopic (exact) mass is 302 g/mol. The number of aromatic nitrogens is 3. The fraction of sp³-hybridized carbons (Fsp3) is 0.250. The van der Waals surface area contributed by atoms with Crippen molar-refractivity contribution in [3.8, 4) is 0 Å². The summed E-state index contributed by atoms with van der Waals surface area (Å²) in [6.45, 7) is 2.40. The third kappa shape index (κ3) is 2.82. The first-order chi connectivity index (χ1) is 10.5. The molecule has 114 valence electrons. The summed E-state index contributed by atoms with van der Waals surface area (Å²) in [7, 11) is 1.84. The number of hydrogen-bond acceptors (Lipinski definition) is 3. The Bertz CT molecular complexity index is 813. The zero-order valence-corrected chi connectivity index (χ0v) is 12.3. The van der Waals surface area contributed by atoms with Gasteiger partial charge in [-0.2, -0.15) is 0 Å². The van der Waals surface area contributed by atoms with Gasteiger partial charge >= 0.3 is 0 Å². The highest BCUT2D eigenvalue weighted by Crippen LogP contribution is 2.19. The van der Waals surface area contributed by atoms with Crippen molar-refractivity contribution in [3.05, 3.63) is 59.2 Å². The third-order valence-electron chi connectivity index (χ3n) is 3.72. The molecular formula is C16H16F2N4. The molecule has 3 aromatic rings. The lowest BCUT2D eigenvalue weighted by atomic mass is 10.1. The van der Waals surface area contributed by atoms with E-state index in [-0.39, 0.29) is 6.04 Å². The first-order valence-electron chi connectivity index (χ1n) is 7.01. The number of halogens is 2. The molecule has 1 aromatic heterocycles.